The lowest BCUT2D eigenvalue weighted by Gasteiger charge is -2.35. The molecular weight excluding hydrogens is 341 g/mol. The normalized spacial score (nSPS) is 15.4. The van der Waals surface area contributed by atoms with Gasteiger partial charge < -0.3 is 4.90 Å². The zero-order chi connectivity index (χ0) is 18.5. The maximum Gasteiger partial charge on any atom is 0.347 e. The Balaban J connectivity index is 1.42. The lowest BCUT2D eigenvalue weighted by atomic mass is 10.2. The van der Waals surface area contributed by atoms with E-state index in [4.69, 9.17) is 0 Å². The molecule has 3 rings (SSSR count). The largest absolute Gasteiger partial charge is 0.352 e. The summed E-state index contributed by atoms with van der Waals surface area (Å²) in [7, 11) is 1.45. The van der Waals surface area contributed by atoms with Crippen molar-refractivity contribution >= 4 is 5.82 Å². The predicted molar refractivity (Wildman–Crippen MR) is 93.6 cm³/mol. The van der Waals surface area contributed by atoms with Crippen LogP contribution in [0.1, 0.15) is 12.8 Å². The fourth-order valence-corrected chi connectivity index (χ4v) is 3.00. The highest BCUT2D eigenvalue weighted by molar-refractivity contribution is 5.38. The first-order valence-corrected chi connectivity index (χ1v) is 8.62. The van der Waals surface area contributed by atoms with Gasteiger partial charge in [-0.25, -0.2) is 23.8 Å². The molecule has 26 heavy (non-hydrogen) atoms. The molecule has 10 heteroatoms. The number of aromatic nitrogens is 5. The molecule has 0 atom stereocenters. The van der Waals surface area contributed by atoms with Gasteiger partial charge >= 0.3 is 5.69 Å². The molecule has 2 aromatic rings. The van der Waals surface area contributed by atoms with Crippen LogP contribution in [0.5, 0.6) is 0 Å². The number of rotatable bonds is 6. The van der Waals surface area contributed by atoms with Crippen molar-refractivity contribution in [2.75, 3.05) is 37.6 Å². The van der Waals surface area contributed by atoms with Crippen LogP contribution in [-0.4, -0.2) is 61.9 Å². The number of anilines is 1. The Bertz CT molecular complexity index is 858. The van der Waals surface area contributed by atoms with Gasteiger partial charge in [0.05, 0.1) is 6.20 Å². The minimum absolute atomic E-state index is 0.361. The summed E-state index contributed by atoms with van der Waals surface area (Å²) in [6.45, 7) is 4.49. The molecule has 0 unspecified atom stereocenters. The molecule has 2 aromatic heterocycles. The molecule has 9 nitrogen and oxygen atoms in total. The standard InChI is InChI=1S/C16H22FN7O2/c1-21-14(25)11-20-24(16(21)26)5-3-2-4-22-6-8-23(9-7-22)15-13(17)10-18-12-19-15/h10-12H,2-9H2,1H3. The van der Waals surface area contributed by atoms with Crippen molar-refractivity contribution < 1.29 is 4.39 Å². The third kappa shape index (κ3) is 4.13. The molecule has 0 saturated carbocycles. The van der Waals surface area contributed by atoms with E-state index in [-0.39, 0.29) is 0 Å². The van der Waals surface area contributed by atoms with Crippen molar-refractivity contribution in [1.29, 1.82) is 0 Å². The molecule has 0 aliphatic carbocycles. The summed E-state index contributed by atoms with van der Waals surface area (Å²) in [6.07, 6.45) is 5.42. The van der Waals surface area contributed by atoms with E-state index in [1.807, 2.05) is 4.90 Å². The van der Waals surface area contributed by atoms with Crippen LogP contribution in [-0.2, 0) is 13.6 Å². The number of unbranched alkanes of at least 4 members (excludes halogenated alkanes) is 1. The summed E-state index contributed by atoms with van der Waals surface area (Å²) < 4.78 is 16.1. The maximum atomic E-state index is 13.7. The molecule has 0 N–H and O–H groups in total. The summed E-state index contributed by atoms with van der Waals surface area (Å²) in [5, 5.41) is 3.88. The Morgan fingerprint density at radius 1 is 1.08 bits per heavy atom. The van der Waals surface area contributed by atoms with E-state index in [1.54, 1.807) is 0 Å². The van der Waals surface area contributed by atoms with Crippen molar-refractivity contribution in [2.24, 2.45) is 7.05 Å². The molecule has 1 aliphatic heterocycles. The summed E-state index contributed by atoms with van der Waals surface area (Å²) in [5.41, 5.74) is -0.790. The number of hydrogen-bond donors (Lipinski definition) is 0. The quantitative estimate of drug-likeness (QED) is 0.638. The molecule has 3 heterocycles. The van der Waals surface area contributed by atoms with Crippen molar-refractivity contribution in [2.45, 2.75) is 19.4 Å². The van der Waals surface area contributed by atoms with Gasteiger partial charge in [0.2, 0.25) is 0 Å². The first kappa shape index (κ1) is 18.2. The minimum atomic E-state index is -0.399. The van der Waals surface area contributed by atoms with Crippen LogP contribution in [0.3, 0.4) is 0 Å². The molecule has 0 amide bonds. The molecule has 1 fully saturated rings. The second kappa shape index (κ2) is 8.17. The van der Waals surface area contributed by atoms with Crippen LogP contribution in [0, 0.1) is 5.82 Å². The van der Waals surface area contributed by atoms with Crippen LogP contribution < -0.4 is 16.1 Å². The monoisotopic (exact) mass is 363 g/mol. The zero-order valence-electron chi connectivity index (χ0n) is 14.7. The van der Waals surface area contributed by atoms with Crippen LogP contribution in [0.15, 0.2) is 28.3 Å². The Morgan fingerprint density at radius 2 is 1.81 bits per heavy atom. The number of aryl methyl sites for hydroxylation is 1. The molecule has 0 spiro atoms. The van der Waals surface area contributed by atoms with E-state index in [9.17, 15) is 14.0 Å². The van der Waals surface area contributed by atoms with Crippen LogP contribution >= 0.6 is 0 Å². The average Bonchev–Trinajstić information content (AvgIpc) is 2.66. The number of nitrogens with zero attached hydrogens (tertiary/aromatic N) is 7. The zero-order valence-corrected chi connectivity index (χ0v) is 14.7. The van der Waals surface area contributed by atoms with E-state index < -0.39 is 17.1 Å². The van der Waals surface area contributed by atoms with Gasteiger partial charge in [0.1, 0.15) is 12.5 Å². The lowest BCUT2D eigenvalue weighted by molar-refractivity contribution is 0.249. The molecule has 140 valence electrons. The number of piperazine rings is 1. The van der Waals surface area contributed by atoms with Gasteiger partial charge in [-0.1, -0.05) is 0 Å². The molecular formula is C16H22FN7O2. The predicted octanol–water partition coefficient (Wildman–Crippen LogP) is -0.526. The first-order valence-electron chi connectivity index (χ1n) is 8.62. The highest BCUT2D eigenvalue weighted by Crippen LogP contribution is 2.16. The van der Waals surface area contributed by atoms with Gasteiger partial charge in [0.15, 0.2) is 11.6 Å². The van der Waals surface area contributed by atoms with Gasteiger partial charge in [-0.05, 0) is 19.4 Å². The molecule has 1 saturated heterocycles. The van der Waals surface area contributed by atoms with Crippen molar-refractivity contribution in [1.82, 2.24) is 29.2 Å². The summed E-state index contributed by atoms with van der Waals surface area (Å²) >= 11 is 0. The molecule has 0 aromatic carbocycles. The third-order valence-corrected chi connectivity index (χ3v) is 4.56. The summed E-state index contributed by atoms with van der Waals surface area (Å²) in [4.78, 5) is 35.1. The third-order valence-electron chi connectivity index (χ3n) is 4.56. The summed E-state index contributed by atoms with van der Waals surface area (Å²) in [6, 6.07) is 0. The smallest absolute Gasteiger partial charge is 0.347 e. The van der Waals surface area contributed by atoms with Crippen LogP contribution in [0.4, 0.5) is 10.2 Å². The molecule has 1 aliphatic rings. The second-order valence-electron chi connectivity index (χ2n) is 6.28. The SMILES string of the molecule is Cn1c(=O)cnn(CCCCN2CCN(c3ncncc3F)CC2)c1=O. The molecule has 0 bridgehead atoms. The Kier molecular flexibility index (Phi) is 5.71. The van der Waals surface area contributed by atoms with Gasteiger partial charge in [-0.2, -0.15) is 5.10 Å². The Labute approximate surface area is 149 Å². The van der Waals surface area contributed by atoms with Crippen molar-refractivity contribution in [3.05, 3.63) is 45.4 Å². The van der Waals surface area contributed by atoms with Gasteiger partial charge in [-0.3, -0.25) is 14.3 Å². The van der Waals surface area contributed by atoms with E-state index in [0.29, 0.717) is 12.4 Å². The summed E-state index contributed by atoms with van der Waals surface area (Å²) in [5.74, 6) is -0.0315. The topological polar surface area (TPSA) is 89.2 Å². The number of hydrogen-bond acceptors (Lipinski definition) is 7. The number of halogens is 1. The van der Waals surface area contributed by atoms with E-state index in [0.717, 1.165) is 56.3 Å². The molecule has 0 radical (unpaired) electrons. The van der Waals surface area contributed by atoms with Crippen molar-refractivity contribution in [3.63, 3.8) is 0 Å². The lowest BCUT2D eigenvalue weighted by Crippen LogP contribution is -2.47. The van der Waals surface area contributed by atoms with Crippen LogP contribution in [0.25, 0.3) is 0 Å². The van der Waals surface area contributed by atoms with E-state index >= 15 is 0 Å². The fourth-order valence-electron chi connectivity index (χ4n) is 3.00. The highest BCUT2D eigenvalue weighted by Gasteiger charge is 2.20. The van der Waals surface area contributed by atoms with Crippen LogP contribution in [0.2, 0.25) is 0 Å². The Morgan fingerprint density at radius 3 is 2.54 bits per heavy atom. The minimum Gasteiger partial charge on any atom is -0.352 e. The fraction of sp³-hybridized carbons (Fsp3) is 0.562. The first-order chi connectivity index (χ1) is 12.6. The van der Waals surface area contributed by atoms with Crippen molar-refractivity contribution in [3.8, 4) is 0 Å². The second-order valence-corrected chi connectivity index (χ2v) is 6.28. The van der Waals surface area contributed by atoms with E-state index in [1.165, 1.54) is 24.3 Å². The van der Waals surface area contributed by atoms with E-state index in [2.05, 4.69) is 20.0 Å². The highest BCUT2D eigenvalue weighted by atomic mass is 19.1. The maximum absolute atomic E-state index is 13.7. The van der Waals surface area contributed by atoms with Gasteiger partial charge in [-0.15, -0.1) is 0 Å². The average molecular weight is 363 g/mol. The van der Waals surface area contributed by atoms with Gasteiger partial charge in [0.25, 0.3) is 5.56 Å². The van der Waals surface area contributed by atoms with Gasteiger partial charge in [0, 0.05) is 39.8 Å². The Hall–Kier alpha value is -2.62.